The second-order valence-corrected chi connectivity index (χ2v) is 7.71. The summed E-state index contributed by atoms with van der Waals surface area (Å²) in [4.78, 5) is 2.69. The van der Waals surface area contributed by atoms with E-state index in [9.17, 15) is 8.42 Å². The molecular weight excluding hydrogens is 286 g/mol. The van der Waals surface area contributed by atoms with Crippen LogP contribution in [0.15, 0.2) is 23.1 Å². The van der Waals surface area contributed by atoms with Gasteiger partial charge >= 0.3 is 0 Å². The Morgan fingerprint density at radius 1 is 1.33 bits per heavy atom. The molecule has 0 bridgehead atoms. The zero-order chi connectivity index (χ0) is 14.9. The summed E-state index contributed by atoms with van der Waals surface area (Å²) in [6, 6.07) is 5.60. The van der Waals surface area contributed by atoms with Crippen LogP contribution < -0.4 is 10.0 Å². The van der Waals surface area contributed by atoms with Gasteiger partial charge in [-0.3, -0.25) is 4.90 Å². The van der Waals surface area contributed by atoms with Crippen molar-refractivity contribution in [3.63, 3.8) is 0 Å². The van der Waals surface area contributed by atoms with Crippen molar-refractivity contribution in [2.45, 2.75) is 37.1 Å². The van der Waals surface area contributed by atoms with E-state index in [1.807, 2.05) is 6.07 Å². The minimum absolute atomic E-state index is 0.245. The van der Waals surface area contributed by atoms with E-state index in [0.29, 0.717) is 11.4 Å². The molecule has 1 aromatic rings. The van der Waals surface area contributed by atoms with Gasteiger partial charge in [0.1, 0.15) is 0 Å². The van der Waals surface area contributed by atoms with Gasteiger partial charge < -0.3 is 5.32 Å². The summed E-state index contributed by atoms with van der Waals surface area (Å²) in [6.07, 6.45) is 3.40. The van der Waals surface area contributed by atoms with Crippen LogP contribution in [0.3, 0.4) is 0 Å². The number of hydrogen-bond donors (Lipinski definition) is 2. The maximum Gasteiger partial charge on any atom is 0.240 e. The lowest BCUT2D eigenvalue weighted by Gasteiger charge is -2.23. The van der Waals surface area contributed by atoms with Crippen molar-refractivity contribution in [2.75, 3.05) is 31.5 Å². The molecule has 0 aliphatic carbocycles. The number of rotatable bonds is 5. The average Bonchev–Trinajstić information content (AvgIpc) is 3.14. The molecule has 116 valence electrons. The molecule has 0 saturated carbocycles. The van der Waals surface area contributed by atoms with Gasteiger partial charge in [0.2, 0.25) is 10.0 Å². The number of nitrogens with one attached hydrogen (secondary N) is 2. The molecule has 1 unspecified atom stereocenters. The van der Waals surface area contributed by atoms with E-state index in [1.54, 1.807) is 12.1 Å². The summed E-state index contributed by atoms with van der Waals surface area (Å²) in [7, 11) is -3.42. The van der Waals surface area contributed by atoms with Gasteiger partial charge in [-0.15, -0.1) is 0 Å². The number of anilines is 1. The molecule has 6 heteroatoms. The smallest absolute Gasteiger partial charge is 0.240 e. The van der Waals surface area contributed by atoms with Crippen LogP contribution in [0.25, 0.3) is 0 Å². The Morgan fingerprint density at radius 3 is 2.86 bits per heavy atom. The number of benzene rings is 1. The summed E-state index contributed by atoms with van der Waals surface area (Å²) in [5, 5.41) is 3.22. The first-order valence-electron chi connectivity index (χ1n) is 7.67. The Labute approximate surface area is 126 Å². The molecule has 2 aliphatic rings. The van der Waals surface area contributed by atoms with E-state index in [4.69, 9.17) is 0 Å². The Morgan fingerprint density at radius 2 is 2.10 bits per heavy atom. The van der Waals surface area contributed by atoms with Gasteiger partial charge in [0.25, 0.3) is 0 Å². The summed E-state index contributed by atoms with van der Waals surface area (Å²) in [5.74, 6) is 0. The lowest BCUT2D eigenvalue weighted by molar-refractivity contribution is 0.260. The number of hydrogen-bond acceptors (Lipinski definition) is 4. The Bertz CT molecular complexity index is 609. The van der Waals surface area contributed by atoms with Crippen LogP contribution in [0.2, 0.25) is 0 Å². The van der Waals surface area contributed by atoms with Gasteiger partial charge in [0, 0.05) is 24.8 Å². The SMILES string of the molecule is CC(CNS(=O)(=O)c1ccc2c(c1)NCC2)N1CCCC1. The Balaban J connectivity index is 1.66. The van der Waals surface area contributed by atoms with Crippen molar-refractivity contribution >= 4 is 15.7 Å². The van der Waals surface area contributed by atoms with Gasteiger partial charge in [0.05, 0.1) is 4.90 Å². The summed E-state index contributed by atoms with van der Waals surface area (Å²) < 4.78 is 27.5. The molecule has 21 heavy (non-hydrogen) atoms. The molecule has 2 N–H and O–H groups in total. The minimum Gasteiger partial charge on any atom is -0.384 e. The molecule has 5 nitrogen and oxygen atoms in total. The summed E-state index contributed by atoms with van der Waals surface area (Å²) in [5.41, 5.74) is 2.14. The van der Waals surface area contributed by atoms with E-state index < -0.39 is 10.0 Å². The fraction of sp³-hybridized carbons (Fsp3) is 0.600. The zero-order valence-electron chi connectivity index (χ0n) is 12.4. The predicted molar refractivity (Wildman–Crippen MR) is 84.1 cm³/mol. The molecule has 0 radical (unpaired) electrons. The second-order valence-electron chi connectivity index (χ2n) is 5.94. The number of likely N-dealkylation sites (tertiary alicyclic amines) is 1. The van der Waals surface area contributed by atoms with E-state index in [1.165, 1.54) is 18.4 Å². The molecule has 0 spiro atoms. The second kappa shape index (κ2) is 5.94. The van der Waals surface area contributed by atoms with Crippen LogP contribution in [0.5, 0.6) is 0 Å². The first-order valence-corrected chi connectivity index (χ1v) is 9.15. The summed E-state index contributed by atoms with van der Waals surface area (Å²) >= 11 is 0. The Kier molecular flexibility index (Phi) is 4.19. The first kappa shape index (κ1) is 14.8. The molecule has 0 aromatic heterocycles. The van der Waals surface area contributed by atoms with E-state index in [2.05, 4.69) is 21.9 Å². The van der Waals surface area contributed by atoms with Crippen molar-refractivity contribution < 1.29 is 8.42 Å². The molecule has 0 amide bonds. The quantitative estimate of drug-likeness (QED) is 0.863. The normalized spacial score (nSPS) is 20.2. The van der Waals surface area contributed by atoms with Crippen molar-refractivity contribution in [3.05, 3.63) is 23.8 Å². The third kappa shape index (κ3) is 3.22. The zero-order valence-corrected chi connectivity index (χ0v) is 13.2. The number of fused-ring (bicyclic) bond motifs is 1. The van der Waals surface area contributed by atoms with E-state index in [-0.39, 0.29) is 6.04 Å². The number of nitrogens with zero attached hydrogens (tertiary/aromatic N) is 1. The van der Waals surface area contributed by atoms with Crippen LogP contribution in [0, 0.1) is 0 Å². The first-order chi connectivity index (χ1) is 10.1. The number of sulfonamides is 1. The highest BCUT2D eigenvalue weighted by Crippen LogP contribution is 2.25. The van der Waals surface area contributed by atoms with Crippen LogP contribution in [0.4, 0.5) is 5.69 Å². The fourth-order valence-corrected chi connectivity index (χ4v) is 4.21. The molecule has 2 aliphatic heterocycles. The molecule has 1 atom stereocenters. The van der Waals surface area contributed by atoms with Gasteiger partial charge in [-0.25, -0.2) is 13.1 Å². The third-order valence-electron chi connectivity index (χ3n) is 4.43. The lowest BCUT2D eigenvalue weighted by Crippen LogP contribution is -2.40. The monoisotopic (exact) mass is 309 g/mol. The van der Waals surface area contributed by atoms with Gasteiger partial charge in [-0.05, 0) is 57.0 Å². The lowest BCUT2D eigenvalue weighted by atomic mass is 10.2. The van der Waals surface area contributed by atoms with E-state index in [0.717, 1.165) is 31.7 Å². The molecule has 1 fully saturated rings. The van der Waals surface area contributed by atoms with Gasteiger partial charge in [0.15, 0.2) is 0 Å². The molecule has 1 saturated heterocycles. The van der Waals surface area contributed by atoms with Crippen LogP contribution in [-0.4, -0.2) is 45.5 Å². The van der Waals surface area contributed by atoms with Gasteiger partial charge in [-0.1, -0.05) is 6.07 Å². The van der Waals surface area contributed by atoms with Crippen LogP contribution in [0.1, 0.15) is 25.3 Å². The fourth-order valence-electron chi connectivity index (χ4n) is 3.06. The highest BCUT2D eigenvalue weighted by Gasteiger charge is 2.22. The standard InChI is InChI=1S/C15H23N3O2S/c1-12(18-8-2-3-9-18)11-17-21(19,20)14-5-4-13-6-7-16-15(13)10-14/h4-5,10,12,16-17H,2-3,6-9,11H2,1H3. The van der Waals surface area contributed by atoms with Gasteiger partial charge in [-0.2, -0.15) is 0 Å². The molecule has 1 aromatic carbocycles. The van der Waals surface area contributed by atoms with Crippen LogP contribution >= 0.6 is 0 Å². The van der Waals surface area contributed by atoms with Crippen LogP contribution in [-0.2, 0) is 16.4 Å². The summed E-state index contributed by atoms with van der Waals surface area (Å²) in [6.45, 7) is 5.58. The maximum absolute atomic E-state index is 12.4. The average molecular weight is 309 g/mol. The molecular formula is C15H23N3O2S. The van der Waals surface area contributed by atoms with Crippen molar-refractivity contribution in [1.82, 2.24) is 9.62 Å². The molecule has 2 heterocycles. The van der Waals surface area contributed by atoms with E-state index >= 15 is 0 Å². The highest BCUT2D eigenvalue weighted by molar-refractivity contribution is 7.89. The highest BCUT2D eigenvalue weighted by atomic mass is 32.2. The minimum atomic E-state index is -3.42. The largest absolute Gasteiger partial charge is 0.384 e. The predicted octanol–water partition coefficient (Wildman–Crippen LogP) is 1.42. The maximum atomic E-state index is 12.4. The van der Waals surface area contributed by atoms with Crippen molar-refractivity contribution in [1.29, 1.82) is 0 Å². The molecule has 3 rings (SSSR count). The Hall–Kier alpha value is -1.11. The van der Waals surface area contributed by atoms with Crippen molar-refractivity contribution in [2.24, 2.45) is 0 Å². The topological polar surface area (TPSA) is 61.4 Å². The van der Waals surface area contributed by atoms with Crippen molar-refractivity contribution in [3.8, 4) is 0 Å². The third-order valence-corrected chi connectivity index (χ3v) is 5.86.